The van der Waals surface area contributed by atoms with E-state index in [9.17, 15) is 4.79 Å². The lowest BCUT2D eigenvalue weighted by Gasteiger charge is -2.25. The molecule has 0 aliphatic rings. The average molecular weight is 236 g/mol. The quantitative estimate of drug-likeness (QED) is 0.686. The molecule has 0 bridgehead atoms. The van der Waals surface area contributed by atoms with Crippen LogP contribution in [0.3, 0.4) is 0 Å². The fourth-order valence-electron chi connectivity index (χ4n) is 1.11. The standard InChI is InChI=1S/C9H18BrNO/c1-5-6-7(2)11(4)9(12)8(3)10/h7-8H,5-6H2,1-4H3. The van der Waals surface area contributed by atoms with Crippen LogP contribution >= 0.6 is 15.9 Å². The first kappa shape index (κ1) is 11.9. The van der Waals surface area contributed by atoms with Gasteiger partial charge in [0, 0.05) is 13.1 Å². The zero-order valence-electron chi connectivity index (χ0n) is 8.30. The Labute approximate surface area is 83.4 Å². The van der Waals surface area contributed by atoms with E-state index in [1.165, 1.54) is 0 Å². The molecule has 0 aromatic heterocycles. The minimum Gasteiger partial charge on any atom is -0.342 e. The van der Waals surface area contributed by atoms with Crippen LogP contribution in [-0.4, -0.2) is 28.7 Å². The van der Waals surface area contributed by atoms with Crippen LogP contribution in [0.1, 0.15) is 33.6 Å². The van der Waals surface area contributed by atoms with Crippen molar-refractivity contribution in [3.05, 3.63) is 0 Å². The Balaban J connectivity index is 4.00. The molecule has 1 amide bonds. The maximum absolute atomic E-state index is 11.4. The smallest absolute Gasteiger partial charge is 0.236 e. The minimum absolute atomic E-state index is 0.0678. The highest BCUT2D eigenvalue weighted by Gasteiger charge is 2.18. The second-order valence-corrected chi connectivity index (χ2v) is 4.58. The van der Waals surface area contributed by atoms with E-state index >= 15 is 0 Å². The Morgan fingerprint density at radius 3 is 2.33 bits per heavy atom. The third kappa shape index (κ3) is 3.57. The van der Waals surface area contributed by atoms with Gasteiger partial charge in [-0.15, -0.1) is 0 Å². The summed E-state index contributed by atoms with van der Waals surface area (Å²) in [5.41, 5.74) is 0. The molecule has 2 unspecified atom stereocenters. The van der Waals surface area contributed by atoms with Crippen molar-refractivity contribution >= 4 is 21.8 Å². The van der Waals surface area contributed by atoms with E-state index in [0.717, 1.165) is 12.8 Å². The molecule has 72 valence electrons. The molecule has 0 heterocycles. The second kappa shape index (κ2) is 5.57. The van der Waals surface area contributed by atoms with Crippen molar-refractivity contribution in [2.75, 3.05) is 7.05 Å². The Bertz CT molecular complexity index is 147. The summed E-state index contributed by atoms with van der Waals surface area (Å²) in [5, 5.41) is 0. The Morgan fingerprint density at radius 1 is 1.50 bits per heavy atom. The molecule has 12 heavy (non-hydrogen) atoms. The molecule has 2 atom stereocenters. The van der Waals surface area contributed by atoms with E-state index in [0.29, 0.717) is 6.04 Å². The molecule has 0 saturated heterocycles. The van der Waals surface area contributed by atoms with Crippen LogP contribution in [0.2, 0.25) is 0 Å². The lowest BCUT2D eigenvalue weighted by molar-refractivity contribution is -0.130. The number of amides is 1. The van der Waals surface area contributed by atoms with Gasteiger partial charge in [-0.05, 0) is 20.3 Å². The summed E-state index contributed by atoms with van der Waals surface area (Å²) in [7, 11) is 1.86. The second-order valence-electron chi connectivity index (χ2n) is 3.20. The summed E-state index contributed by atoms with van der Waals surface area (Å²) in [4.78, 5) is 13.2. The monoisotopic (exact) mass is 235 g/mol. The molecule has 0 N–H and O–H groups in total. The van der Waals surface area contributed by atoms with Crippen LogP contribution in [-0.2, 0) is 4.79 Å². The Kier molecular flexibility index (Phi) is 5.55. The van der Waals surface area contributed by atoms with Gasteiger partial charge in [0.2, 0.25) is 5.91 Å². The lowest BCUT2D eigenvalue weighted by Crippen LogP contribution is -2.38. The van der Waals surface area contributed by atoms with Gasteiger partial charge in [-0.25, -0.2) is 0 Å². The number of halogens is 1. The number of nitrogens with zero attached hydrogens (tertiary/aromatic N) is 1. The zero-order chi connectivity index (χ0) is 9.72. The van der Waals surface area contributed by atoms with Crippen LogP contribution in [0.5, 0.6) is 0 Å². The van der Waals surface area contributed by atoms with E-state index in [4.69, 9.17) is 0 Å². The number of rotatable bonds is 4. The molecule has 0 rings (SSSR count). The van der Waals surface area contributed by atoms with Crippen molar-refractivity contribution in [1.29, 1.82) is 0 Å². The van der Waals surface area contributed by atoms with Gasteiger partial charge >= 0.3 is 0 Å². The molecule has 0 radical (unpaired) electrons. The van der Waals surface area contributed by atoms with Crippen LogP contribution in [0.25, 0.3) is 0 Å². The highest BCUT2D eigenvalue weighted by molar-refractivity contribution is 9.10. The van der Waals surface area contributed by atoms with Gasteiger partial charge in [0.1, 0.15) is 0 Å². The molecule has 0 aliphatic heterocycles. The SMILES string of the molecule is CCCC(C)N(C)C(=O)C(C)Br. The first-order valence-electron chi connectivity index (χ1n) is 4.41. The summed E-state index contributed by atoms with van der Waals surface area (Å²) in [6, 6.07) is 0.350. The maximum Gasteiger partial charge on any atom is 0.236 e. The summed E-state index contributed by atoms with van der Waals surface area (Å²) < 4.78 is 0. The van der Waals surface area contributed by atoms with E-state index in [1.54, 1.807) is 0 Å². The van der Waals surface area contributed by atoms with Crippen LogP contribution < -0.4 is 0 Å². The first-order chi connectivity index (χ1) is 5.50. The lowest BCUT2D eigenvalue weighted by atomic mass is 10.1. The van der Waals surface area contributed by atoms with E-state index < -0.39 is 0 Å². The van der Waals surface area contributed by atoms with Crippen molar-refractivity contribution < 1.29 is 4.79 Å². The van der Waals surface area contributed by atoms with Gasteiger partial charge in [0.25, 0.3) is 0 Å². The summed E-state index contributed by atoms with van der Waals surface area (Å²) >= 11 is 3.27. The Hall–Kier alpha value is -0.0500. The minimum atomic E-state index is -0.0678. The van der Waals surface area contributed by atoms with Crippen molar-refractivity contribution in [2.45, 2.75) is 44.5 Å². The van der Waals surface area contributed by atoms with Crippen molar-refractivity contribution in [2.24, 2.45) is 0 Å². The van der Waals surface area contributed by atoms with Gasteiger partial charge in [-0.1, -0.05) is 29.3 Å². The largest absolute Gasteiger partial charge is 0.342 e. The summed E-state index contributed by atoms with van der Waals surface area (Å²) in [5.74, 6) is 0.163. The molecule has 0 fully saturated rings. The van der Waals surface area contributed by atoms with Crippen molar-refractivity contribution in [1.82, 2.24) is 4.90 Å². The molecular formula is C9H18BrNO. The van der Waals surface area contributed by atoms with Gasteiger partial charge in [0.05, 0.1) is 4.83 Å². The number of carbonyl (C=O) groups is 1. The summed E-state index contributed by atoms with van der Waals surface area (Å²) in [6.07, 6.45) is 2.19. The molecule has 2 nitrogen and oxygen atoms in total. The van der Waals surface area contributed by atoms with Crippen LogP contribution in [0, 0.1) is 0 Å². The third-order valence-electron chi connectivity index (χ3n) is 2.06. The molecule has 0 aromatic rings. The molecule has 3 heteroatoms. The van der Waals surface area contributed by atoms with Crippen molar-refractivity contribution in [3.8, 4) is 0 Å². The van der Waals surface area contributed by atoms with Gasteiger partial charge < -0.3 is 4.90 Å². The highest BCUT2D eigenvalue weighted by atomic mass is 79.9. The van der Waals surface area contributed by atoms with Gasteiger partial charge in [-0.3, -0.25) is 4.79 Å². The van der Waals surface area contributed by atoms with E-state index in [1.807, 2.05) is 18.9 Å². The van der Waals surface area contributed by atoms with E-state index in [-0.39, 0.29) is 10.7 Å². The number of hydrogen-bond donors (Lipinski definition) is 0. The fraction of sp³-hybridized carbons (Fsp3) is 0.889. The normalized spacial score (nSPS) is 15.4. The molecular weight excluding hydrogens is 218 g/mol. The van der Waals surface area contributed by atoms with Gasteiger partial charge in [0.15, 0.2) is 0 Å². The van der Waals surface area contributed by atoms with Gasteiger partial charge in [-0.2, -0.15) is 0 Å². The van der Waals surface area contributed by atoms with Crippen molar-refractivity contribution in [3.63, 3.8) is 0 Å². The topological polar surface area (TPSA) is 20.3 Å². The predicted octanol–water partition coefficient (Wildman–Crippen LogP) is 2.42. The number of alkyl halides is 1. The predicted molar refractivity (Wildman–Crippen MR) is 55.5 cm³/mol. The Morgan fingerprint density at radius 2 is 2.00 bits per heavy atom. The number of carbonyl (C=O) groups excluding carboxylic acids is 1. The summed E-state index contributed by atoms with van der Waals surface area (Å²) in [6.45, 7) is 6.07. The molecule has 0 spiro atoms. The van der Waals surface area contributed by atoms with Crippen LogP contribution in [0.15, 0.2) is 0 Å². The van der Waals surface area contributed by atoms with E-state index in [2.05, 4.69) is 29.8 Å². The third-order valence-corrected chi connectivity index (χ3v) is 2.45. The average Bonchev–Trinajstić information content (AvgIpc) is 2.02. The maximum atomic E-state index is 11.4. The molecule has 0 aliphatic carbocycles. The van der Waals surface area contributed by atoms with Crippen LogP contribution in [0.4, 0.5) is 0 Å². The highest BCUT2D eigenvalue weighted by Crippen LogP contribution is 2.09. The zero-order valence-corrected chi connectivity index (χ0v) is 9.89. The molecule has 0 saturated carbocycles. The molecule has 0 aromatic carbocycles. The first-order valence-corrected chi connectivity index (χ1v) is 5.33. The number of hydrogen-bond acceptors (Lipinski definition) is 1. The fourth-order valence-corrected chi connectivity index (χ4v) is 1.43.